The minimum absolute atomic E-state index is 0.115. The Morgan fingerprint density at radius 1 is 0.969 bits per heavy atom. The lowest BCUT2D eigenvalue weighted by Gasteiger charge is -2.25. The van der Waals surface area contributed by atoms with Crippen LogP contribution in [0.4, 0.5) is 0 Å². The van der Waals surface area contributed by atoms with Gasteiger partial charge >= 0.3 is 0 Å². The molecule has 3 aromatic heterocycles. The largest absolute Gasteiger partial charge is 0.452 e. The van der Waals surface area contributed by atoms with Crippen molar-refractivity contribution in [1.82, 2.24) is 20.2 Å². The van der Waals surface area contributed by atoms with Crippen LogP contribution in [0.15, 0.2) is 99.6 Å². The number of aryl methyl sites for hydroxylation is 1. The number of benzene rings is 1. The first kappa shape index (κ1) is 20.7. The van der Waals surface area contributed by atoms with Crippen LogP contribution in [0.2, 0.25) is 0 Å². The standard InChI is InChI=1S/C25H22N4OS2/c1-17-8-10-19(11-9-17)32-22-13-12-21(30-22)24-23(20-7-3-5-15-27-20)28-25(31)29(24)16-18-6-2-4-14-26-18/h2-15,23-24H,16H2,1H3,(H,28,31)/t23-,24-/m0/s1. The predicted molar refractivity (Wildman–Crippen MR) is 129 cm³/mol. The van der Waals surface area contributed by atoms with Crippen LogP contribution in [0, 0.1) is 6.92 Å². The molecule has 0 bridgehead atoms. The molecule has 1 saturated heterocycles. The topological polar surface area (TPSA) is 54.2 Å². The van der Waals surface area contributed by atoms with Gasteiger partial charge < -0.3 is 14.6 Å². The molecule has 0 spiro atoms. The summed E-state index contributed by atoms with van der Waals surface area (Å²) in [5.74, 6) is 0.846. The van der Waals surface area contributed by atoms with Gasteiger partial charge in [-0.15, -0.1) is 0 Å². The highest BCUT2D eigenvalue weighted by atomic mass is 32.2. The summed E-state index contributed by atoms with van der Waals surface area (Å²) in [6.45, 7) is 2.67. The quantitative estimate of drug-likeness (QED) is 0.372. The number of hydrogen-bond acceptors (Lipinski definition) is 5. The van der Waals surface area contributed by atoms with Crippen molar-refractivity contribution in [1.29, 1.82) is 0 Å². The van der Waals surface area contributed by atoms with Crippen LogP contribution in [-0.4, -0.2) is 20.0 Å². The zero-order valence-corrected chi connectivity index (χ0v) is 19.1. The van der Waals surface area contributed by atoms with E-state index in [1.165, 1.54) is 5.56 Å². The van der Waals surface area contributed by atoms with Gasteiger partial charge in [0.05, 0.1) is 24.0 Å². The Labute approximate surface area is 196 Å². The van der Waals surface area contributed by atoms with E-state index in [1.54, 1.807) is 24.2 Å². The van der Waals surface area contributed by atoms with Gasteiger partial charge in [-0.1, -0.05) is 41.6 Å². The third-order valence-corrected chi connectivity index (χ3v) is 6.67. The van der Waals surface area contributed by atoms with Gasteiger partial charge in [0.15, 0.2) is 10.2 Å². The average molecular weight is 459 g/mol. The molecule has 5 nitrogen and oxygen atoms in total. The Morgan fingerprint density at radius 3 is 2.47 bits per heavy atom. The van der Waals surface area contributed by atoms with Gasteiger partial charge in [-0.2, -0.15) is 0 Å². The maximum absolute atomic E-state index is 6.34. The molecule has 1 fully saturated rings. The first-order valence-electron chi connectivity index (χ1n) is 10.4. The monoisotopic (exact) mass is 458 g/mol. The van der Waals surface area contributed by atoms with Crippen LogP contribution in [0.5, 0.6) is 0 Å². The number of pyridine rings is 2. The number of nitrogens with one attached hydrogen (secondary N) is 1. The van der Waals surface area contributed by atoms with Gasteiger partial charge in [0.1, 0.15) is 11.8 Å². The minimum atomic E-state index is -0.133. The molecule has 1 aliphatic heterocycles. The molecule has 5 rings (SSSR count). The summed E-state index contributed by atoms with van der Waals surface area (Å²) in [5.41, 5.74) is 3.11. The van der Waals surface area contributed by atoms with E-state index >= 15 is 0 Å². The minimum Gasteiger partial charge on any atom is -0.452 e. The molecule has 0 unspecified atom stereocenters. The Hall–Kier alpha value is -3.16. The van der Waals surface area contributed by atoms with Crippen LogP contribution >= 0.6 is 24.0 Å². The number of thiocarbonyl (C=S) groups is 1. The van der Waals surface area contributed by atoms with Crippen LogP contribution in [-0.2, 0) is 6.54 Å². The summed E-state index contributed by atoms with van der Waals surface area (Å²) < 4.78 is 6.34. The van der Waals surface area contributed by atoms with Crippen molar-refractivity contribution in [3.05, 3.63) is 108 Å². The second-order valence-corrected chi connectivity index (χ2v) is 9.11. The lowest BCUT2D eigenvalue weighted by Crippen LogP contribution is -2.29. The van der Waals surface area contributed by atoms with Crippen LogP contribution in [0.1, 0.15) is 34.8 Å². The van der Waals surface area contributed by atoms with Crippen molar-refractivity contribution in [2.45, 2.75) is 35.5 Å². The molecule has 0 saturated carbocycles. The Morgan fingerprint density at radius 2 is 1.75 bits per heavy atom. The fraction of sp³-hybridized carbons (Fsp3) is 0.160. The first-order valence-corrected chi connectivity index (χ1v) is 11.6. The Kier molecular flexibility index (Phi) is 5.92. The molecule has 1 aromatic carbocycles. The van der Waals surface area contributed by atoms with Crippen molar-refractivity contribution >= 4 is 29.1 Å². The van der Waals surface area contributed by atoms with Gasteiger partial charge in [-0.3, -0.25) is 9.97 Å². The predicted octanol–water partition coefficient (Wildman–Crippen LogP) is 5.70. The van der Waals surface area contributed by atoms with E-state index in [0.29, 0.717) is 11.7 Å². The summed E-state index contributed by atoms with van der Waals surface area (Å²) in [4.78, 5) is 12.4. The number of furan rings is 1. The summed E-state index contributed by atoms with van der Waals surface area (Å²) in [5, 5.41) is 4.97. The van der Waals surface area contributed by atoms with E-state index in [4.69, 9.17) is 16.6 Å². The van der Waals surface area contributed by atoms with Crippen molar-refractivity contribution in [2.24, 2.45) is 0 Å². The average Bonchev–Trinajstić information content (AvgIpc) is 3.41. The number of aromatic nitrogens is 2. The molecule has 0 aliphatic carbocycles. The second-order valence-electron chi connectivity index (χ2n) is 7.65. The third kappa shape index (κ3) is 4.40. The van der Waals surface area contributed by atoms with E-state index in [-0.39, 0.29) is 12.1 Å². The smallest absolute Gasteiger partial charge is 0.170 e. The highest BCUT2D eigenvalue weighted by molar-refractivity contribution is 7.99. The summed E-state index contributed by atoms with van der Waals surface area (Å²) in [6, 6.07) is 24.1. The summed E-state index contributed by atoms with van der Waals surface area (Å²) >= 11 is 7.34. The van der Waals surface area contributed by atoms with Crippen LogP contribution in [0.3, 0.4) is 0 Å². The van der Waals surface area contributed by atoms with Crippen LogP contribution < -0.4 is 5.32 Å². The molecular formula is C25H22N4OS2. The van der Waals surface area contributed by atoms with Gasteiger partial charge in [-0.05, 0) is 67.7 Å². The molecule has 0 radical (unpaired) electrons. The molecule has 7 heteroatoms. The lowest BCUT2D eigenvalue weighted by molar-refractivity contribution is 0.253. The van der Waals surface area contributed by atoms with Gasteiger partial charge in [0.25, 0.3) is 0 Å². The number of hydrogen-bond donors (Lipinski definition) is 1. The second kappa shape index (κ2) is 9.14. The molecule has 160 valence electrons. The van der Waals surface area contributed by atoms with Crippen molar-refractivity contribution in [2.75, 3.05) is 0 Å². The summed E-state index contributed by atoms with van der Waals surface area (Å²) in [6.07, 6.45) is 3.61. The molecule has 4 aromatic rings. The zero-order valence-electron chi connectivity index (χ0n) is 17.5. The molecule has 1 aliphatic rings. The number of nitrogens with zero attached hydrogens (tertiary/aromatic N) is 3. The fourth-order valence-electron chi connectivity index (χ4n) is 3.82. The third-order valence-electron chi connectivity index (χ3n) is 5.39. The van der Waals surface area contributed by atoms with E-state index < -0.39 is 0 Å². The summed E-state index contributed by atoms with van der Waals surface area (Å²) in [7, 11) is 0. The van der Waals surface area contributed by atoms with Crippen LogP contribution in [0.25, 0.3) is 0 Å². The maximum Gasteiger partial charge on any atom is 0.170 e. The number of rotatable bonds is 6. The highest BCUT2D eigenvalue weighted by Gasteiger charge is 2.41. The van der Waals surface area contributed by atoms with E-state index in [0.717, 1.165) is 27.1 Å². The fourth-order valence-corrected chi connectivity index (χ4v) is 4.91. The van der Waals surface area contributed by atoms with Gasteiger partial charge in [0.2, 0.25) is 0 Å². The van der Waals surface area contributed by atoms with E-state index in [9.17, 15) is 0 Å². The zero-order chi connectivity index (χ0) is 21.9. The molecule has 0 amide bonds. The van der Waals surface area contributed by atoms with Crippen molar-refractivity contribution in [3.63, 3.8) is 0 Å². The lowest BCUT2D eigenvalue weighted by atomic mass is 10.0. The Bertz CT molecular complexity index is 1200. The van der Waals surface area contributed by atoms with E-state index in [1.807, 2.05) is 48.5 Å². The normalized spacial score (nSPS) is 18.0. The maximum atomic E-state index is 6.34. The highest BCUT2D eigenvalue weighted by Crippen LogP contribution is 2.41. The SMILES string of the molecule is Cc1ccc(Sc2ccc([C@H]3[C@H](c4ccccn4)NC(=S)N3Cc3ccccn3)o2)cc1. The van der Waals surface area contributed by atoms with Gasteiger partial charge in [0, 0.05) is 17.3 Å². The molecule has 1 N–H and O–H groups in total. The Balaban J connectivity index is 1.47. The van der Waals surface area contributed by atoms with Crippen molar-refractivity contribution < 1.29 is 4.42 Å². The molecular weight excluding hydrogens is 436 g/mol. The van der Waals surface area contributed by atoms with Crippen molar-refractivity contribution in [3.8, 4) is 0 Å². The molecule has 2 atom stereocenters. The molecule has 32 heavy (non-hydrogen) atoms. The van der Waals surface area contributed by atoms with E-state index in [2.05, 4.69) is 51.4 Å². The van der Waals surface area contributed by atoms with Gasteiger partial charge in [-0.25, -0.2) is 0 Å². The molecule has 4 heterocycles. The first-order chi connectivity index (χ1) is 15.7.